The molecule has 1 N–H and O–H groups in total. The number of H-pyrrole nitrogens is 1. The lowest BCUT2D eigenvalue weighted by Gasteiger charge is -2.14. The van der Waals surface area contributed by atoms with Crippen molar-refractivity contribution in [3.05, 3.63) is 127 Å². The van der Waals surface area contributed by atoms with Crippen LogP contribution < -0.4 is 18.9 Å². The van der Waals surface area contributed by atoms with Gasteiger partial charge >= 0.3 is 0 Å². The van der Waals surface area contributed by atoms with Gasteiger partial charge in [-0.3, -0.25) is 4.57 Å². The van der Waals surface area contributed by atoms with Crippen molar-refractivity contribution in [2.24, 2.45) is 0 Å². The smallest absolute Gasteiger partial charge is 0.182 e. The molecule has 0 aliphatic rings. The van der Waals surface area contributed by atoms with Crippen molar-refractivity contribution in [2.45, 2.75) is 0 Å². The Kier molecular flexibility index (Phi) is 8.74. The van der Waals surface area contributed by atoms with Gasteiger partial charge in [-0.25, -0.2) is 18.7 Å². The number of ether oxygens (including phenoxy) is 4. The Morgan fingerprint density at radius 1 is 0.540 bits per heavy atom. The summed E-state index contributed by atoms with van der Waals surface area (Å²) in [5, 5.41) is 0. The van der Waals surface area contributed by atoms with Crippen molar-refractivity contribution in [2.75, 3.05) is 28.4 Å². The van der Waals surface area contributed by atoms with Crippen LogP contribution in [0.3, 0.4) is 0 Å². The summed E-state index contributed by atoms with van der Waals surface area (Å²) in [7, 11) is 6.37. The molecule has 0 spiro atoms. The number of rotatable bonds is 10. The van der Waals surface area contributed by atoms with Crippen LogP contribution in [-0.4, -0.2) is 48.0 Å². The van der Waals surface area contributed by atoms with Crippen molar-refractivity contribution in [3.63, 3.8) is 0 Å². The molecule has 8 nitrogen and oxygen atoms in total. The normalized spacial score (nSPS) is 11.0. The van der Waals surface area contributed by atoms with E-state index in [-0.39, 0.29) is 11.5 Å². The topological polar surface area (TPSA) is 83.4 Å². The molecule has 0 saturated carbocycles. The molecule has 0 amide bonds. The number of halogens is 2. The van der Waals surface area contributed by atoms with Gasteiger partial charge in [-0.1, -0.05) is 48.5 Å². The average Bonchev–Trinajstić information content (AvgIpc) is 3.78. The van der Waals surface area contributed by atoms with Crippen LogP contribution in [0.5, 0.6) is 23.0 Å². The van der Waals surface area contributed by atoms with Crippen LogP contribution in [0.4, 0.5) is 8.78 Å². The maximum absolute atomic E-state index is 16.0. The molecule has 0 atom stereocenters. The van der Waals surface area contributed by atoms with Gasteiger partial charge in [0.25, 0.3) is 0 Å². The van der Waals surface area contributed by atoms with Gasteiger partial charge in [0, 0.05) is 28.3 Å². The minimum Gasteiger partial charge on any atom is -0.497 e. The van der Waals surface area contributed by atoms with Gasteiger partial charge in [0.1, 0.15) is 34.6 Å². The SMILES string of the molecule is COc1cccc(-c2nc(-c3nc(-c4cccc(OC)c4)c(-c4cccc(OC)c4)n3-c3ccc(F)cc3F)[nH]c2-c2cccc(OC)c2)c1. The highest BCUT2D eigenvalue weighted by atomic mass is 19.1. The zero-order valence-electron chi connectivity index (χ0n) is 27.7. The second-order valence-corrected chi connectivity index (χ2v) is 11.3. The number of nitrogens with zero attached hydrogens (tertiary/aromatic N) is 3. The van der Waals surface area contributed by atoms with Gasteiger partial charge in [-0.05, 0) is 60.7 Å². The summed E-state index contributed by atoms with van der Waals surface area (Å²) in [5.74, 6) is 1.64. The maximum Gasteiger partial charge on any atom is 0.182 e. The van der Waals surface area contributed by atoms with Crippen molar-refractivity contribution < 1.29 is 27.7 Å². The molecule has 0 radical (unpaired) electrons. The van der Waals surface area contributed by atoms with E-state index in [9.17, 15) is 4.39 Å². The molecule has 0 fully saturated rings. The summed E-state index contributed by atoms with van der Waals surface area (Å²) >= 11 is 0. The van der Waals surface area contributed by atoms with E-state index in [1.54, 1.807) is 33.0 Å². The second-order valence-electron chi connectivity index (χ2n) is 11.3. The molecule has 2 heterocycles. The zero-order chi connectivity index (χ0) is 34.8. The summed E-state index contributed by atoms with van der Waals surface area (Å²) < 4.78 is 54.2. The van der Waals surface area contributed by atoms with Crippen LogP contribution in [0.15, 0.2) is 115 Å². The van der Waals surface area contributed by atoms with E-state index in [0.717, 1.165) is 17.2 Å². The highest BCUT2D eigenvalue weighted by molar-refractivity contribution is 5.86. The molecule has 0 bridgehead atoms. The van der Waals surface area contributed by atoms with Crippen LogP contribution >= 0.6 is 0 Å². The van der Waals surface area contributed by atoms with Gasteiger partial charge in [-0.2, -0.15) is 0 Å². The Morgan fingerprint density at radius 2 is 1.04 bits per heavy atom. The van der Waals surface area contributed by atoms with Crippen LogP contribution in [0.25, 0.3) is 62.4 Å². The van der Waals surface area contributed by atoms with Crippen LogP contribution in [0.1, 0.15) is 0 Å². The fourth-order valence-corrected chi connectivity index (χ4v) is 5.93. The first-order chi connectivity index (χ1) is 24.4. The molecule has 50 heavy (non-hydrogen) atoms. The number of benzene rings is 5. The number of hydrogen-bond donors (Lipinski definition) is 1. The van der Waals surface area contributed by atoms with E-state index in [2.05, 4.69) is 4.98 Å². The monoisotopic (exact) mass is 670 g/mol. The lowest BCUT2D eigenvalue weighted by atomic mass is 10.0. The van der Waals surface area contributed by atoms with Crippen LogP contribution in [0.2, 0.25) is 0 Å². The largest absolute Gasteiger partial charge is 0.497 e. The third kappa shape index (κ3) is 6.03. The molecule has 7 aromatic rings. The summed E-state index contributed by atoms with van der Waals surface area (Å²) in [4.78, 5) is 13.8. The summed E-state index contributed by atoms with van der Waals surface area (Å²) in [6.45, 7) is 0. The Balaban J connectivity index is 1.59. The quantitative estimate of drug-likeness (QED) is 0.156. The molecule has 10 heteroatoms. The van der Waals surface area contributed by atoms with Gasteiger partial charge in [0.2, 0.25) is 0 Å². The minimum atomic E-state index is -0.780. The van der Waals surface area contributed by atoms with Gasteiger partial charge in [0.05, 0.1) is 56.9 Å². The number of imidazole rings is 2. The van der Waals surface area contributed by atoms with E-state index in [0.29, 0.717) is 62.7 Å². The molecular formula is C40H32F2N4O4. The van der Waals surface area contributed by atoms with E-state index in [4.69, 9.17) is 28.9 Å². The van der Waals surface area contributed by atoms with Crippen molar-refractivity contribution in [1.29, 1.82) is 0 Å². The third-order valence-electron chi connectivity index (χ3n) is 8.33. The Labute approximate surface area is 287 Å². The minimum absolute atomic E-state index is 0.0723. The fraction of sp³-hybridized carbons (Fsp3) is 0.100. The second kappa shape index (κ2) is 13.6. The van der Waals surface area contributed by atoms with Gasteiger partial charge in [0.15, 0.2) is 11.6 Å². The molecule has 5 aromatic carbocycles. The number of nitrogens with one attached hydrogen (secondary N) is 1. The molecule has 0 unspecified atom stereocenters. The maximum atomic E-state index is 16.0. The van der Waals surface area contributed by atoms with E-state index in [1.807, 2.05) is 97.1 Å². The number of hydrogen-bond acceptors (Lipinski definition) is 6. The first-order valence-corrected chi connectivity index (χ1v) is 15.7. The highest BCUT2D eigenvalue weighted by Gasteiger charge is 2.28. The Hall–Kier alpha value is -6.42. The molecule has 2 aromatic heterocycles. The van der Waals surface area contributed by atoms with Gasteiger partial charge in [-0.15, -0.1) is 0 Å². The van der Waals surface area contributed by atoms with Crippen LogP contribution in [-0.2, 0) is 0 Å². The molecule has 0 aliphatic carbocycles. The molecule has 0 aliphatic heterocycles. The van der Waals surface area contributed by atoms with Crippen molar-refractivity contribution >= 4 is 0 Å². The van der Waals surface area contributed by atoms with Gasteiger partial charge < -0.3 is 23.9 Å². The van der Waals surface area contributed by atoms with E-state index < -0.39 is 11.6 Å². The van der Waals surface area contributed by atoms with Crippen molar-refractivity contribution in [3.8, 4) is 85.4 Å². The van der Waals surface area contributed by atoms with Crippen molar-refractivity contribution in [1.82, 2.24) is 19.5 Å². The predicted octanol–water partition coefficient (Wildman–Crippen LogP) is 9.24. The lowest BCUT2D eigenvalue weighted by Crippen LogP contribution is -2.04. The third-order valence-corrected chi connectivity index (χ3v) is 8.33. The molecule has 7 rings (SSSR count). The summed E-state index contributed by atoms with van der Waals surface area (Å²) in [6.07, 6.45) is 0. The Morgan fingerprint density at radius 3 is 1.60 bits per heavy atom. The first-order valence-electron chi connectivity index (χ1n) is 15.7. The number of methoxy groups -OCH3 is 4. The average molecular weight is 671 g/mol. The van der Waals surface area contributed by atoms with E-state index in [1.165, 1.54) is 12.1 Å². The lowest BCUT2D eigenvalue weighted by molar-refractivity contribution is 0.415. The summed E-state index contributed by atoms with van der Waals surface area (Å²) in [5.41, 5.74) is 5.35. The Bertz CT molecular complexity index is 2270. The molecule has 0 saturated heterocycles. The molecule has 250 valence electrons. The van der Waals surface area contributed by atoms with Crippen LogP contribution in [0, 0.1) is 11.6 Å². The summed E-state index contributed by atoms with van der Waals surface area (Å²) in [6, 6.07) is 33.4. The number of aromatic nitrogens is 4. The standard InChI is InChI=1S/C40H32F2N4O4/c1-47-29-13-5-9-24(19-29)35-36(25-10-6-14-30(20-25)48-2)44-39(43-35)40-45-37(26-11-7-15-31(21-26)49-3)38(27-12-8-16-32(22-27)50-4)46(40)34-18-17-28(41)23-33(34)42/h5-23H,1-4H3,(H,43,44). The molecular weight excluding hydrogens is 638 g/mol. The van der Waals surface area contributed by atoms with E-state index >= 15 is 4.39 Å². The first kappa shape index (κ1) is 32.1. The predicted molar refractivity (Wildman–Crippen MR) is 189 cm³/mol. The zero-order valence-corrected chi connectivity index (χ0v) is 27.7. The number of aromatic amines is 1. The fourth-order valence-electron chi connectivity index (χ4n) is 5.93. The highest BCUT2D eigenvalue weighted by Crippen LogP contribution is 2.42.